The number of carbonyl (C=O) groups excluding carboxylic acids is 1. The molecule has 0 spiro atoms. The first kappa shape index (κ1) is 26.4. The van der Waals surface area contributed by atoms with Gasteiger partial charge in [-0.2, -0.15) is 0 Å². The van der Waals surface area contributed by atoms with Gasteiger partial charge in [0.25, 0.3) is 5.91 Å². The summed E-state index contributed by atoms with van der Waals surface area (Å²) in [6, 6.07) is 18.7. The molecule has 1 amide bonds. The second-order valence-corrected chi connectivity index (χ2v) is 11.0. The lowest BCUT2D eigenvalue weighted by Crippen LogP contribution is -2.38. The first-order valence-electron chi connectivity index (χ1n) is 11.9. The van der Waals surface area contributed by atoms with E-state index in [2.05, 4.69) is 10.6 Å². The van der Waals surface area contributed by atoms with Crippen LogP contribution >= 0.6 is 0 Å². The monoisotopic (exact) mass is 523 g/mol. The number of fused-ring (bicyclic) bond motifs is 1. The molecule has 4 aromatic rings. The molecule has 0 aliphatic carbocycles. The maximum atomic E-state index is 13.6. The van der Waals surface area contributed by atoms with Crippen LogP contribution < -0.4 is 14.9 Å². The van der Waals surface area contributed by atoms with Gasteiger partial charge >= 0.3 is 0 Å². The topological polar surface area (TPSA) is 91.7 Å². The number of sulfonamides is 1. The number of anilines is 1. The van der Waals surface area contributed by atoms with E-state index in [1.54, 1.807) is 24.3 Å². The highest BCUT2D eigenvalue weighted by molar-refractivity contribution is 7.92. The fourth-order valence-electron chi connectivity index (χ4n) is 4.26. The molecule has 4 rings (SSSR count). The predicted octanol–water partition coefficient (Wildman–Crippen LogP) is 5.03. The Morgan fingerprint density at radius 3 is 2.30 bits per heavy atom. The molecule has 9 heteroatoms. The number of hydrogen-bond acceptors (Lipinski definition) is 5. The van der Waals surface area contributed by atoms with Crippen LogP contribution in [0.4, 0.5) is 10.1 Å². The zero-order chi connectivity index (χ0) is 26.7. The molecule has 0 bridgehead atoms. The molecule has 2 N–H and O–H groups in total. The van der Waals surface area contributed by atoms with E-state index in [1.807, 2.05) is 44.2 Å². The molecule has 0 radical (unpaired) electrons. The van der Waals surface area contributed by atoms with Gasteiger partial charge in [-0.3, -0.25) is 9.10 Å². The van der Waals surface area contributed by atoms with Gasteiger partial charge in [0.1, 0.15) is 17.2 Å². The quantitative estimate of drug-likeness (QED) is 0.321. The first-order chi connectivity index (χ1) is 17.6. The van der Waals surface area contributed by atoms with Crippen molar-refractivity contribution in [2.24, 2.45) is 0 Å². The Bertz CT molecular complexity index is 1510. The largest absolute Gasteiger partial charge is 0.455 e. The molecule has 0 aliphatic heterocycles. The Morgan fingerprint density at radius 2 is 1.70 bits per heavy atom. The van der Waals surface area contributed by atoms with E-state index in [0.717, 1.165) is 5.56 Å². The van der Waals surface area contributed by atoms with E-state index < -0.39 is 15.8 Å². The lowest BCUT2D eigenvalue weighted by Gasteiger charge is -2.26. The van der Waals surface area contributed by atoms with Crippen LogP contribution in [0.25, 0.3) is 33.4 Å². The molecule has 0 saturated heterocycles. The molecular weight excluding hydrogens is 493 g/mol. The van der Waals surface area contributed by atoms with Crippen molar-refractivity contribution in [3.05, 3.63) is 78.1 Å². The van der Waals surface area contributed by atoms with Crippen LogP contribution in [0.5, 0.6) is 0 Å². The van der Waals surface area contributed by atoms with Crippen molar-refractivity contribution >= 4 is 32.6 Å². The average Bonchev–Trinajstić information content (AvgIpc) is 3.24. The maximum absolute atomic E-state index is 13.6. The third-order valence-electron chi connectivity index (χ3n) is 5.99. The van der Waals surface area contributed by atoms with Gasteiger partial charge in [-0.05, 0) is 35.9 Å². The van der Waals surface area contributed by atoms with E-state index in [9.17, 15) is 17.6 Å². The molecule has 1 heterocycles. The molecule has 194 valence electrons. The van der Waals surface area contributed by atoms with Crippen molar-refractivity contribution in [2.75, 3.05) is 30.7 Å². The van der Waals surface area contributed by atoms with Crippen molar-refractivity contribution in [2.45, 2.75) is 19.9 Å². The highest BCUT2D eigenvalue weighted by Gasteiger charge is 2.27. The molecule has 0 saturated carbocycles. The highest BCUT2D eigenvalue weighted by Crippen LogP contribution is 2.41. The van der Waals surface area contributed by atoms with Crippen molar-refractivity contribution in [1.82, 2.24) is 10.6 Å². The molecule has 0 fully saturated rings. The molecule has 37 heavy (non-hydrogen) atoms. The summed E-state index contributed by atoms with van der Waals surface area (Å²) in [6.45, 7) is 4.63. The molecular formula is C28H30FN3O4S. The van der Waals surface area contributed by atoms with Crippen LogP contribution in [-0.4, -0.2) is 46.8 Å². The zero-order valence-corrected chi connectivity index (χ0v) is 22.0. The average molecular weight is 524 g/mol. The molecule has 0 atom stereocenters. The summed E-state index contributed by atoms with van der Waals surface area (Å²) < 4.78 is 47.1. The minimum atomic E-state index is -3.67. The van der Waals surface area contributed by atoms with E-state index in [0.29, 0.717) is 39.9 Å². The van der Waals surface area contributed by atoms with E-state index in [1.165, 1.54) is 29.7 Å². The smallest absolute Gasteiger partial charge is 0.255 e. The van der Waals surface area contributed by atoms with Crippen molar-refractivity contribution in [3.8, 4) is 22.5 Å². The Hall–Kier alpha value is -3.69. The van der Waals surface area contributed by atoms with Gasteiger partial charge in [-0.1, -0.05) is 44.2 Å². The Kier molecular flexibility index (Phi) is 7.65. The van der Waals surface area contributed by atoms with E-state index in [-0.39, 0.29) is 24.3 Å². The molecule has 3 aromatic carbocycles. The summed E-state index contributed by atoms with van der Waals surface area (Å²) in [7, 11) is -2.14. The Morgan fingerprint density at radius 1 is 1.03 bits per heavy atom. The van der Waals surface area contributed by atoms with Crippen LogP contribution in [0.1, 0.15) is 24.2 Å². The highest BCUT2D eigenvalue weighted by atomic mass is 32.2. The standard InChI is InChI=1S/C28H30FN3O4S/c1-18(2)31-14-15-32(37(4,34)35)24-17-25-23(16-22(24)19-8-6-5-7-9-19)26(28(33)30-3)27(36-25)20-10-12-21(29)13-11-20/h5-13,16-18,31H,14-15H2,1-4H3,(H,30,33). The summed E-state index contributed by atoms with van der Waals surface area (Å²) in [4.78, 5) is 13.0. The predicted molar refractivity (Wildman–Crippen MR) is 146 cm³/mol. The lowest BCUT2D eigenvalue weighted by molar-refractivity contribution is 0.0964. The van der Waals surface area contributed by atoms with Gasteiger partial charge in [-0.15, -0.1) is 0 Å². The SMILES string of the molecule is CNC(=O)c1c(-c2ccc(F)cc2)oc2cc(N(CCNC(C)C)S(C)(=O)=O)c(-c3ccccc3)cc12. The Balaban J connectivity index is 2.01. The second kappa shape index (κ2) is 10.7. The van der Waals surface area contributed by atoms with Gasteiger partial charge in [0, 0.05) is 48.8 Å². The number of hydrogen-bond donors (Lipinski definition) is 2. The number of nitrogens with one attached hydrogen (secondary N) is 2. The third kappa shape index (κ3) is 5.68. The van der Waals surface area contributed by atoms with Crippen molar-refractivity contribution in [3.63, 3.8) is 0 Å². The van der Waals surface area contributed by atoms with Crippen LogP contribution in [0.2, 0.25) is 0 Å². The van der Waals surface area contributed by atoms with Crippen LogP contribution in [0.15, 0.2) is 71.1 Å². The molecule has 7 nitrogen and oxygen atoms in total. The number of halogens is 1. The zero-order valence-electron chi connectivity index (χ0n) is 21.2. The number of benzene rings is 3. The number of amides is 1. The fourth-order valence-corrected chi connectivity index (χ4v) is 5.19. The summed E-state index contributed by atoms with van der Waals surface area (Å²) >= 11 is 0. The maximum Gasteiger partial charge on any atom is 0.255 e. The lowest BCUT2D eigenvalue weighted by atomic mass is 9.98. The minimum absolute atomic E-state index is 0.191. The van der Waals surface area contributed by atoms with Crippen LogP contribution in [0.3, 0.4) is 0 Å². The first-order valence-corrected chi connectivity index (χ1v) is 13.8. The normalized spacial score (nSPS) is 11.7. The second-order valence-electron chi connectivity index (χ2n) is 9.07. The summed E-state index contributed by atoms with van der Waals surface area (Å²) in [5, 5.41) is 6.44. The molecule has 0 aliphatic rings. The number of carbonyl (C=O) groups is 1. The number of furan rings is 1. The fraction of sp³-hybridized carbons (Fsp3) is 0.250. The summed E-state index contributed by atoms with van der Waals surface area (Å²) in [6.07, 6.45) is 1.17. The van der Waals surface area contributed by atoms with Gasteiger partial charge in [0.05, 0.1) is 17.5 Å². The van der Waals surface area contributed by atoms with Crippen molar-refractivity contribution < 1.29 is 22.0 Å². The number of rotatable bonds is 9. The molecule has 0 unspecified atom stereocenters. The molecule has 1 aromatic heterocycles. The van der Waals surface area contributed by atoms with Gasteiger partial charge < -0.3 is 15.1 Å². The Labute approximate surface area is 216 Å². The summed E-state index contributed by atoms with van der Waals surface area (Å²) in [5.41, 5.74) is 3.03. The van der Waals surface area contributed by atoms with Gasteiger partial charge in [-0.25, -0.2) is 12.8 Å². The van der Waals surface area contributed by atoms with Gasteiger partial charge in [0.2, 0.25) is 10.0 Å². The van der Waals surface area contributed by atoms with Crippen LogP contribution in [-0.2, 0) is 10.0 Å². The van der Waals surface area contributed by atoms with Crippen LogP contribution in [0, 0.1) is 5.82 Å². The van der Waals surface area contributed by atoms with E-state index >= 15 is 0 Å². The van der Waals surface area contributed by atoms with E-state index in [4.69, 9.17) is 4.42 Å². The number of nitrogens with zero attached hydrogens (tertiary/aromatic N) is 1. The van der Waals surface area contributed by atoms with Crippen molar-refractivity contribution in [1.29, 1.82) is 0 Å². The van der Waals surface area contributed by atoms with Gasteiger partial charge in [0.15, 0.2) is 0 Å². The minimum Gasteiger partial charge on any atom is -0.455 e. The third-order valence-corrected chi connectivity index (χ3v) is 7.17. The summed E-state index contributed by atoms with van der Waals surface area (Å²) in [5.74, 6) is -0.502.